The van der Waals surface area contributed by atoms with Gasteiger partial charge in [0.2, 0.25) is 0 Å². The van der Waals surface area contributed by atoms with Gasteiger partial charge in [-0.05, 0) is 31.4 Å². The van der Waals surface area contributed by atoms with Crippen LogP contribution in [0.25, 0.3) is 0 Å². The number of rotatable bonds is 5. The van der Waals surface area contributed by atoms with Crippen LogP contribution in [0.2, 0.25) is 0 Å². The number of anilines is 1. The number of nitrogens with zero attached hydrogens (tertiary/aromatic N) is 3. The number of aryl methyl sites for hydroxylation is 1. The Bertz CT molecular complexity index is 756. The zero-order valence-corrected chi connectivity index (χ0v) is 14.0. The summed E-state index contributed by atoms with van der Waals surface area (Å²) in [6.45, 7) is 2.71. The molecule has 8 heteroatoms. The van der Waals surface area contributed by atoms with Crippen LogP contribution in [0.5, 0.6) is 0 Å². The number of non-ortho nitro benzene ring substituents is 1. The first-order valence-electron chi connectivity index (χ1n) is 8.36. The Morgan fingerprint density at radius 2 is 2.20 bits per heavy atom. The van der Waals surface area contributed by atoms with Gasteiger partial charge in [0.1, 0.15) is 11.5 Å². The highest BCUT2D eigenvalue weighted by Crippen LogP contribution is 2.32. The van der Waals surface area contributed by atoms with Crippen molar-refractivity contribution in [1.29, 1.82) is 0 Å². The number of nitrogens with one attached hydrogen (secondary N) is 1. The lowest BCUT2D eigenvalue weighted by molar-refractivity contribution is -0.384. The number of benzene rings is 1. The zero-order valence-electron chi connectivity index (χ0n) is 14.0. The fourth-order valence-electron chi connectivity index (χ4n) is 3.03. The van der Waals surface area contributed by atoms with E-state index < -0.39 is 4.92 Å². The van der Waals surface area contributed by atoms with Gasteiger partial charge in [0.05, 0.1) is 11.0 Å². The SMILES string of the molecule is CCCc1cc([C@@H]2CCCN2C(=O)Nc2ccc([N+](=O)[O-])cc2)no1. The number of amides is 2. The number of hydrogen-bond acceptors (Lipinski definition) is 5. The van der Waals surface area contributed by atoms with E-state index in [1.165, 1.54) is 24.3 Å². The Balaban J connectivity index is 1.68. The Morgan fingerprint density at radius 3 is 2.88 bits per heavy atom. The number of carbonyl (C=O) groups excluding carboxylic acids is 1. The normalized spacial score (nSPS) is 16.8. The van der Waals surface area contributed by atoms with Crippen molar-refractivity contribution in [3.63, 3.8) is 0 Å². The summed E-state index contributed by atoms with van der Waals surface area (Å²) in [6.07, 6.45) is 3.54. The molecule has 1 aromatic carbocycles. The van der Waals surface area contributed by atoms with E-state index in [9.17, 15) is 14.9 Å². The lowest BCUT2D eigenvalue weighted by atomic mass is 10.1. The molecule has 0 saturated carbocycles. The van der Waals surface area contributed by atoms with Crippen LogP contribution >= 0.6 is 0 Å². The van der Waals surface area contributed by atoms with Crippen LogP contribution in [-0.2, 0) is 6.42 Å². The molecule has 0 unspecified atom stereocenters. The van der Waals surface area contributed by atoms with Crippen molar-refractivity contribution in [3.8, 4) is 0 Å². The van der Waals surface area contributed by atoms with Crippen molar-refractivity contribution in [2.24, 2.45) is 0 Å². The maximum atomic E-state index is 12.6. The van der Waals surface area contributed by atoms with Crippen molar-refractivity contribution >= 4 is 17.4 Å². The highest BCUT2D eigenvalue weighted by Gasteiger charge is 2.32. The first-order chi connectivity index (χ1) is 12.1. The molecule has 1 fully saturated rings. The van der Waals surface area contributed by atoms with Crippen molar-refractivity contribution in [2.75, 3.05) is 11.9 Å². The van der Waals surface area contributed by atoms with Crippen LogP contribution < -0.4 is 5.32 Å². The molecule has 1 aromatic heterocycles. The van der Waals surface area contributed by atoms with Crippen LogP contribution in [0.15, 0.2) is 34.9 Å². The number of aromatic nitrogens is 1. The third-order valence-electron chi connectivity index (χ3n) is 4.26. The summed E-state index contributed by atoms with van der Waals surface area (Å²) < 4.78 is 5.33. The Labute approximate surface area is 144 Å². The van der Waals surface area contributed by atoms with E-state index in [-0.39, 0.29) is 17.8 Å². The maximum absolute atomic E-state index is 12.6. The summed E-state index contributed by atoms with van der Waals surface area (Å²) in [6, 6.07) is 7.36. The molecule has 1 N–H and O–H groups in total. The summed E-state index contributed by atoms with van der Waals surface area (Å²) in [5.74, 6) is 0.833. The molecule has 1 atom stereocenters. The molecule has 1 aliphatic heterocycles. The number of nitro benzene ring substituents is 1. The van der Waals surface area contributed by atoms with Gasteiger partial charge in [0.15, 0.2) is 0 Å². The molecule has 25 heavy (non-hydrogen) atoms. The molecule has 0 aliphatic carbocycles. The summed E-state index contributed by atoms with van der Waals surface area (Å²) in [5.41, 5.74) is 1.29. The molecule has 0 spiro atoms. The van der Waals surface area contributed by atoms with Gasteiger partial charge in [-0.2, -0.15) is 0 Å². The molecule has 2 amide bonds. The second-order valence-corrected chi connectivity index (χ2v) is 6.05. The number of urea groups is 1. The lowest BCUT2D eigenvalue weighted by Gasteiger charge is -2.23. The van der Waals surface area contributed by atoms with Gasteiger partial charge < -0.3 is 14.7 Å². The van der Waals surface area contributed by atoms with E-state index in [0.29, 0.717) is 12.2 Å². The summed E-state index contributed by atoms with van der Waals surface area (Å²) in [4.78, 5) is 24.5. The summed E-state index contributed by atoms with van der Waals surface area (Å²) >= 11 is 0. The lowest BCUT2D eigenvalue weighted by Crippen LogP contribution is -2.34. The van der Waals surface area contributed by atoms with Crippen molar-refractivity contribution < 1.29 is 14.2 Å². The van der Waals surface area contributed by atoms with Crippen molar-refractivity contribution in [2.45, 2.75) is 38.6 Å². The molecule has 2 heterocycles. The van der Waals surface area contributed by atoms with Gasteiger partial charge in [0, 0.05) is 36.9 Å². The van der Waals surface area contributed by atoms with Gasteiger partial charge in [0.25, 0.3) is 5.69 Å². The van der Waals surface area contributed by atoms with Crippen molar-refractivity contribution in [1.82, 2.24) is 10.1 Å². The van der Waals surface area contributed by atoms with Gasteiger partial charge >= 0.3 is 6.03 Å². The second-order valence-electron chi connectivity index (χ2n) is 6.05. The minimum absolute atomic E-state index is 0.0110. The highest BCUT2D eigenvalue weighted by molar-refractivity contribution is 5.89. The second kappa shape index (κ2) is 7.33. The Morgan fingerprint density at radius 1 is 1.44 bits per heavy atom. The van der Waals surface area contributed by atoms with Crippen LogP contribution in [0.3, 0.4) is 0 Å². The molecule has 0 bridgehead atoms. The van der Waals surface area contributed by atoms with E-state index in [1.807, 2.05) is 6.07 Å². The smallest absolute Gasteiger partial charge is 0.322 e. The Hall–Kier alpha value is -2.90. The van der Waals surface area contributed by atoms with E-state index in [1.54, 1.807) is 4.90 Å². The first kappa shape index (κ1) is 16.9. The maximum Gasteiger partial charge on any atom is 0.322 e. The van der Waals surface area contributed by atoms with Crippen LogP contribution in [0.1, 0.15) is 43.7 Å². The predicted molar refractivity (Wildman–Crippen MR) is 91.3 cm³/mol. The average molecular weight is 344 g/mol. The number of nitro groups is 1. The third kappa shape index (κ3) is 3.78. The molecular formula is C17H20N4O4. The largest absolute Gasteiger partial charge is 0.361 e. The molecular weight excluding hydrogens is 324 g/mol. The number of hydrogen-bond donors (Lipinski definition) is 1. The van der Waals surface area contributed by atoms with E-state index >= 15 is 0 Å². The van der Waals surface area contributed by atoms with E-state index in [0.717, 1.165) is 37.1 Å². The minimum Gasteiger partial charge on any atom is -0.361 e. The fraction of sp³-hybridized carbons (Fsp3) is 0.412. The topological polar surface area (TPSA) is 102 Å². The van der Waals surface area contributed by atoms with E-state index in [4.69, 9.17) is 4.52 Å². The standard InChI is InChI=1S/C17H20N4O4/c1-2-4-14-11-15(19-25-14)16-5-3-10-20(16)17(22)18-12-6-8-13(9-7-12)21(23)24/h6-9,11,16H,2-5,10H2,1H3,(H,18,22)/t16-/m0/s1. The number of likely N-dealkylation sites (tertiary alicyclic amines) is 1. The summed E-state index contributed by atoms with van der Waals surface area (Å²) in [5, 5.41) is 17.6. The van der Waals surface area contributed by atoms with Crippen LogP contribution in [0.4, 0.5) is 16.2 Å². The third-order valence-corrected chi connectivity index (χ3v) is 4.26. The highest BCUT2D eigenvalue weighted by atomic mass is 16.6. The summed E-state index contributed by atoms with van der Waals surface area (Å²) in [7, 11) is 0. The number of carbonyl (C=O) groups is 1. The van der Waals surface area contributed by atoms with Crippen LogP contribution in [-0.4, -0.2) is 27.6 Å². The molecule has 1 saturated heterocycles. The molecule has 0 radical (unpaired) electrons. The van der Waals surface area contributed by atoms with Crippen LogP contribution in [0, 0.1) is 10.1 Å². The molecule has 2 aromatic rings. The minimum atomic E-state index is -0.472. The quantitative estimate of drug-likeness (QED) is 0.654. The average Bonchev–Trinajstić information content (AvgIpc) is 3.24. The van der Waals surface area contributed by atoms with Gasteiger partial charge in [-0.3, -0.25) is 10.1 Å². The van der Waals surface area contributed by atoms with Gasteiger partial charge in [-0.15, -0.1) is 0 Å². The fourth-order valence-corrected chi connectivity index (χ4v) is 3.03. The van der Waals surface area contributed by atoms with Crippen molar-refractivity contribution in [3.05, 3.63) is 51.9 Å². The van der Waals surface area contributed by atoms with Gasteiger partial charge in [-0.1, -0.05) is 12.1 Å². The predicted octanol–water partition coefficient (Wildman–Crippen LogP) is 3.90. The Kier molecular flexibility index (Phi) is 4.97. The molecule has 8 nitrogen and oxygen atoms in total. The van der Waals surface area contributed by atoms with E-state index in [2.05, 4.69) is 17.4 Å². The molecule has 132 valence electrons. The zero-order chi connectivity index (χ0) is 17.8. The molecule has 1 aliphatic rings. The molecule has 3 rings (SSSR count). The van der Waals surface area contributed by atoms with Gasteiger partial charge in [-0.25, -0.2) is 4.79 Å². The first-order valence-corrected chi connectivity index (χ1v) is 8.36. The monoisotopic (exact) mass is 344 g/mol.